The van der Waals surface area contributed by atoms with Gasteiger partial charge in [-0.1, -0.05) is 51.1 Å². The van der Waals surface area contributed by atoms with E-state index in [1.165, 1.54) is 23.4 Å². The molecular formula is C24H24Br2N4O4. The third kappa shape index (κ3) is 5.22. The zero-order chi connectivity index (χ0) is 24.4. The highest BCUT2D eigenvalue weighted by atomic mass is 79.9. The lowest BCUT2D eigenvalue weighted by atomic mass is 9.88. The average molecular weight is 592 g/mol. The first-order valence-electron chi connectivity index (χ1n) is 11.2. The van der Waals surface area contributed by atoms with E-state index in [1.54, 1.807) is 26.0 Å². The van der Waals surface area contributed by atoms with Crippen molar-refractivity contribution in [2.24, 2.45) is 5.10 Å². The zero-order valence-corrected chi connectivity index (χ0v) is 22.0. The minimum absolute atomic E-state index is 0.107. The van der Waals surface area contributed by atoms with Gasteiger partial charge in [-0.05, 0) is 51.0 Å². The minimum atomic E-state index is -0.492. The molecule has 0 radical (unpaired) electrons. The highest BCUT2D eigenvalue weighted by molar-refractivity contribution is 9.10. The SMILES string of the molecule is CC(C)Oc1c(C=Nn2c(C3CCCCC3)nc3ccc(Br)cc3c2=O)cc(Br)cc1[N+](=O)[O-]. The van der Waals surface area contributed by atoms with Crippen LogP contribution in [-0.4, -0.2) is 26.9 Å². The lowest BCUT2D eigenvalue weighted by Crippen LogP contribution is -2.25. The highest BCUT2D eigenvalue weighted by Crippen LogP contribution is 2.35. The zero-order valence-electron chi connectivity index (χ0n) is 18.8. The predicted molar refractivity (Wildman–Crippen MR) is 139 cm³/mol. The van der Waals surface area contributed by atoms with Crippen LogP contribution in [0.2, 0.25) is 0 Å². The average Bonchev–Trinajstić information content (AvgIpc) is 2.80. The summed E-state index contributed by atoms with van der Waals surface area (Å²) in [6.07, 6.45) is 6.35. The lowest BCUT2D eigenvalue weighted by molar-refractivity contribution is -0.386. The van der Waals surface area contributed by atoms with Crippen LogP contribution in [-0.2, 0) is 0 Å². The van der Waals surface area contributed by atoms with E-state index in [2.05, 4.69) is 37.0 Å². The number of aromatic nitrogens is 2. The van der Waals surface area contributed by atoms with Crippen LogP contribution >= 0.6 is 31.9 Å². The molecule has 1 aliphatic carbocycles. The van der Waals surface area contributed by atoms with E-state index in [1.807, 2.05) is 12.1 Å². The Morgan fingerprint density at radius 2 is 1.91 bits per heavy atom. The van der Waals surface area contributed by atoms with Gasteiger partial charge >= 0.3 is 5.69 Å². The second kappa shape index (κ2) is 10.4. The van der Waals surface area contributed by atoms with Crippen molar-refractivity contribution in [2.75, 3.05) is 0 Å². The first-order valence-corrected chi connectivity index (χ1v) is 12.7. The van der Waals surface area contributed by atoms with Crippen LogP contribution in [0, 0.1) is 10.1 Å². The normalized spacial score (nSPS) is 14.9. The fraction of sp³-hybridized carbons (Fsp3) is 0.375. The molecule has 0 spiro atoms. The summed E-state index contributed by atoms with van der Waals surface area (Å²) in [7, 11) is 0. The quantitative estimate of drug-likeness (QED) is 0.184. The van der Waals surface area contributed by atoms with Gasteiger partial charge in [0.1, 0.15) is 5.82 Å². The van der Waals surface area contributed by atoms with E-state index in [0.29, 0.717) is 26.8 Å². The van der Waals surface area contributed by atoms with E-state index >= 15 is 0 Å². The summed E-state index contributed by atoms with van der Waals surface area (Å²) in [4.78, 5) is 29.5. The van der Waals surface area contributed by atoms with Gasteiger partial charge in [-0.2, -0.15) is 9.78 Å². The number of nitro benzene ring substituents is 1. The number of benzene rings is 2. The number of nitro groups is 1. The molecule has 0 unspecified atom stereocenters. The van der Waals surface area contributed by atoms with Crippen LogP contribution in [0.4, 0.5) is 5.69 Å². The summed E-state index contributed by atoms with van der Waals surface area (Å²) < 4.78 is 8.41. The second-order valence-electron chi connectivity index (χ2n) is 8.59. The van der Waals surface area contributed by atoms with E-state index in [-0.39, 0.29) is 29.0 Å². The number of fused-ring (bicyclic) bond motifs is 1. The molecule has 1 fully saturated rings. The van der Waals surface area contributed by atoms with E-state index in [0.717, 1.165) is 30.2 Å². The molecule has 8 nitrogen and oxygen atoms in total. The van der Waals surface area contributed by atoms with Crippen molar-refractivity contribution in [3.63, 3.8) is 0 Å². The van der Waals surface area contributed by atoms with Crippen molar-refractivity contribution in [1.29, 1.82) is 0 Å². The summed E-state index contributed by atoms with van der Waals surface area (Å²) in [6, 6.07) is 8.50. The Morgan fingerprint density at radius 3 is 2.59 bits per heavy atom. The van der Waals surface area contributed by atoms with Gasteiger partial charge in [0, 0.05) is 26.5 Å². The van der Waals surface area contributed by atoms with Gasteiger partial charge in [0.2, 0.25) is 5.75 Å². The molecule has 1 saturated carbocycles. The highest BCUT2D eigenvalue weighted by Gasteiger charge is 2.24. The van der Waals surface area contributed by atoms with Gasteiger partial charge in [-0.25, -0.2) is 4.98 Å². The van der Waals surface area contributed by atoms with Gasteiger partial charge in [0.15, 0.2) is 0 Å². The molecule has 0 amide bonds. The van der Waals surface area contributed by atoms with Crippen molar-refractivity contribution in [3.8, 4) is 5.75 Å². The molecular weight excluding hydrogens is 568 g/mol. The number of hydrogen-bond acceptors (Lipinski definition) is 6. The summed E-state index contributed by atoms with van der Waals surface area (Å²) in [5, 5.41) is 16.6. The van der Waals surface area contributed by atoms with Crippen molar-refractivity contribution in [3.05, 3.63) is 71.1 Å². The molecule has 0 saturated heterocycles. The summed E-state index contributed by atoms with van der Waals surface area (Å²) in [5.74, 6) is 0.845. The Bertz CT molecular complexity index is 1330. The molecule has 178 valence electrons. The molecule has 0 atom stereocenters. The van der Waals surface area contributed by atoms with Crippen molar-refractivity contribution >= 4 is 54.7 Å². The Labute approximate surface area is 213 Å². The van der Waals surface area contributed by atoms with Gasteiger partial charge in [-0.15, -0.1) is 0 Å². The molecule has 0 N–H and O–H groups in total. The number of ether oxygens (including phenoxy) is 1. The number of halogens is 2. The van der Waals surface area contributed by atoms with Crippen LogP contribution in [0.3, 0.4) is 0 Å². The Kier molecular flexibility index (Phi) is 7.47. The molecule has 1 aromatic heterocycles. The standard InChI is InChI=1S/C24H24Br2N4O4/c1-14(2)34-22-16(10-18(26)12-21(22)30(32)33)13-27-29-23(15-6-4-3-5-7-15)28-20-9-8-17(25)11-19(20)24(29)31/h8-15H,3-7H2,1-2H3. The van der Waals surface area contributed by atoms with Crippen LogP contribution in [0.1, 0.15) is 63.3 Å². The predicted octanol–water partition coefficient (Wildman–Crippen LogP) is 6.55. The largest absolute Gasteiger partial charge is 0.484 e. The smallest absolute Gasteiger partial charge is 0.312 e. The third-order valence-electron chi connectivity index (χ3n) is 5.73. The van der Waals surface area contributed by atoms with E-state index in [9.17, 15) is 14.9 Å². The van der Waals surface area contributed by atoms with Gasteiger partial charge in [0.25, 0.3) is 5.56 Å². The molecule has 1 heterocycles. The maximum Gasteiger partial charge on any atom is 0.312 e. The molecule has 0 aliphatic heterocycles. The number of hydrogen-bond donors (Lipinski definition) is 0. The summed E-state index contributed by atoms with van der Waals surface area (Å²) in [5.41, 5.74) is 0.566. The Balaban J connectivity index is 1.90. The van der Waals surface area contributed by atoms with Crippen molar-refractivity contribution in [1.82, 2.24) is 9.66 Å². The monoisotopic (exact) mass is 590 g/mol. The first-order chi connectivity index (χ1) is 16.2. The number of rotatable bonds is 6. The summed E-state index contributed by atoms with van der Waals surface area (Å²) in [6.45, 7) is 3.59. The molecule has 3 aromatic rings. The van der Waals surface area contributed by atoms with Gasteiger partial charge < -0.3 is 4.74 Å². The maximum atomic E-state index is 13.5. The van der Waals surface area contributed by atoms with Crippen LogP contribution in [0.15, 0.2) is 49.2 Å². The number of nitrogens with zero attached hydrogens (tertiary/aromatic N) is 4. The maximum absolute atomic E-state index is 13.5. The fourth-order valence-electron chi connectivity index (χ4n) is 4.22. The molecule has 10 heteroatoms. The van der Waals surface area contributed by atoms with Gasteiger partial charge in [0.05, 0.1) is 28.1 Å². The summed E-state index contributed by atoms with van der Waals surface area (Å²) >= 11 is 6.76. The van der Waals surface area contributed by atoms with Crippen LogP contribution < -0.4 is 10.3 Å². The minimum Gasteiger partial charge on any atom is -0.484 e. The van der Waals surface area contributed by atoms with Crippen molar-refractivity contribution in [2.45, 2.75) is 58.0 Å². The van der Waals surface area contributed by atoms with E-state index < -0.39 is 4.92 Å². The molecule has 0 bridgehead atoms. The Hall–Kier alpha value is -2.59. The second-order valence-corrected chi connectivity index (χ2v) is 10.4. The molecule has 34 heavy (non-hydrogen) atoms. The fourth-order valence-corrected chi connectivity index (χ4v) is 5.04. The molecule has 4 rings (SSSR count). The Morgan fingerprint density at radius 1 is 1.18 bits per heavy atom. The first kappa shape index (κ1) is 24.5. The molecule has 1 aliphatic rings. The van der Waals surface area contributed by atoms with Crippen LogP contribution in [0.25, 0.3) is 10.9 Å². The lowest BCUT2D eigenvalue weighted by Gasteiger charge is -2.22. The van der Waals surface area contributed by atoms with Crippen LogP contribution in [0.5, 0.6) is 5.75 Å². The van der Waals surface area contributed by atoms with Crippen molar-refractivity contribution < 1.29 is 9.66 Å². The molecule has 2 aromatic carbocycles. The third-order valence-corrected chi connectivity index (χ3v) is 6.68. The van der Waals surface area contributed by atoms with Gasteiger partial charge in [-0.3, -0.25) is 14.9 Å². The van der Waals surface area contributed by atoms with E-state index in [4.69, 9.17) is 9.72 Å². The topological polar surface area (TPSA) is 99.6 Å².